The molecule has 3 rings (SSSR count). The Morgan fingerprint density at radius 1 is 1.07 bits per heavy atom. The predicted molar refractivity (Wildman–Crippen MR) is 97.8 cm³/mol. The van der Waals surface area contributed by atoms with E-state index >= 15 is 0 Å². The minimum Gasteiger partial charge on any atom is -0.448 e. The molecule has 3 N–H and O–H groups in total. The second-order valence-electron chi connectivity index (χ2n) is 5.82. The van der Waals surface area contributed by atoms with E-state index in [0.717, 1.165) is 5.56 Å². The van der Waals surface area contributed by atoms with Gasteiger partial charge in [0.15, 0.2) is 11.8 Å². The molecule has 0 aliphatic carbocycles. The molecule has 8 heteroatoms. The summed E-state index contributed by atoms with van der Waals surface area (Å²) >= 11 is 0. The number of hydrogen-bond acceptors (Lipinski definition) is 5. The number of benzene rings is 2. The summed E-state index contributed by atoms with van der Waals surface area (Å²) in [6.45, 7) is 1.65. The first kappa shape index (κ1) is 18.1. The van der Waals surface area contributed by atoms with Crippen molar-refractivity contribution in [2.24, 2.45) is 0 Å². The third-order valence-corrected chi connectivity index (χ3v) is 3.85. The van der Waals surface area contributed by atoms with Crippen LogP contribution in [0, 0.1) is 0 Å². The van der Waals surface area contributed by atoms with E-state index in [1.165, 1.54) is 6.92 Å². The molecule has 0 bridgehead atoms. The molecule has 1 aromatic heterocycles. The van der Waals surface area contributed by atoms with Gasteiger partial charge in [0.25, 0.3) is 5.91 Å². The van der Waals surface area contributed by atoms with Gasteiger partial charge in [0.1, 0.15) is 0 Å². The molecule has 1 heterocycles. The molecule has 0 spiro atoms. The lowest BCUT2D eigenvalue weighted by atomic mass is 10.2. The summed E-state index contributed by atoms with van der Waals surface area (Å²) in [6.07, 6.45) is -1.16. The highest BCUT2D eigenvalue weighted by molar-refractivity contribution is 6.03. The minimum absolute atomic E-state index is 0.0822. The van der Waals surface area contributed by atoms with Crippen molar-refractivity contribution >= 4 is 28.8 Å². The van der Waals surface area contributed by atoms with Gasteiger partial charge in [0.05, 0.1) is 5.52 Å². The standard InChI is InChI=1S/C19H18N4O4/c1-12(17(24)21-19(26)20-11-13-7-3-2-4-8-13)27-18(25)16-14-9-5-6-10-15(14)22-23-16/h2-10,12H,11H2,1H3,(H,22,23)(H2,20,21,24,26)/t12-/m1/s1. The third-order valence-electron chi connectivity index (χ3n) is 3.85. The summed E-state index contributed by atoms with van der Waals surface area (Å²) in [7, 11) is 0. The number of aromatic amines is 1. The Morgan fingerprint density at radius 2 is 1.78 bits per heavy atom. The van der Waals surface area contributed by atoms with Gasteiger partial charge in [-0.3, -0.25) is 15.2 Å². The normalized spacial score (nSPS) is 11.6. The number of rotatable bonds is 5. The minimum atomic E-state index is -1.16. The van der Waals surface area contributed by atoms with Crippen LogP contribution in [0.1, 0.15) is 23.0 Å². The zero-order valence-corrected chi connectivity index (χ0v) is 14.6. The molecule has 3 amide bonds. The van der Waals surface area contributed by atoms with Crippen LogP contribution in [0.2, 0.25) is 0 Å². The topological polar surface area (TPSA) is 113 Å². The Balaban J connectivity index is 1.52. The van der Waals surface area contributed by atoms with E-state index < -0.39 is 24.0 Å². The number of fused-ring (bicyclic) bond motifs is 1. The summed E-state index contributed by atoms with van der Waals surface area (Å²) in [5.74, 6) is -1.48. The number of esters is 1. The number of carbonyl (C=O) groups excluding carboxylic acids is 3. The van der Waals surface area contributed by atoms with Crippen molar-refractivity contribution in [3.8, 4) is 0 Å². The van der Waals surface area contributed by atoms with Crippen molar-refractivity contribution in [3.05, 3.63) is 65.9 Å². The van der Waals surface area contributed by atoms with E-state index in [0.29, 0.717) is 10.9 Å². The molecule has 138 valence electrons. The fourth-order valence-electron chi connectivity index (χ4n) is 2.42. The molecule has 0 saturated carbocycles. The highest BCUT2D eigenvalue weighted by atomic mass is 16.5. The van der Waals surface area contributed by atoms with E-state index in [2.05, 4.69) is 20.8 Å². The first-order chi connectivity index (χ1) is 13.0. The van der Waals surface area contributed by atoms with Gasteiger partial charge in [-0.05, 0) is 18.6 Å². The van der Waals surface area contributed by atoms with E-state index in [-0.39, 0.29) is 12.2 Å². The van der Waals surface area contributed by atoms with Crippen molar-refractivity contribution in [2.45, 2.75) is 19.6 Å². The van der Waals surface area contributed by atoms with E-state index in [4.69, 9.17) is 4.74 Å². The van der Waals surface area contributed by atoms with Gasteiger partial charge in [-0.25, -0.2) is 9.59 Å². The van der Waals surface area contributed by atoms with Gasteiger partial charge in [-0.15, -0.1) is 0 Å². The van der Waals surface area contributed by atoms with Crippen LogP contribution in [0.3, 0.4) is 0 Å². The van der Waals surface area contributed by atoms with Crippen LogP contribution in [-0.2, 0) is 16.1 Å². The van der Waals surface area contributed by atoms with Gasteiger partial charge in [0, 0.05) is 11.9 Å². The first-order valence-electron chi connectivity index (χ1n) is 8.31. The molecule has 2 aromatic carbocycles. The van der Waals surface area contributed by atoms with E-state index in [1.807, 2.05) is 30.3 Å². The predicted octanol–water partition coefficient (Wildman–Crippen LogP) is 2.13. The zero-order valence-electron chi connectivity index (χ0n) is 14.6. The Morgan fingerprint density at radius 3 is 2.56 bits per heavy atom. The van der Waals surface area contributed by atoms with Crippen LogP contribution in [-0.4, -0.2) is 34.2 Å². The number of aromatic nitrogens is 2. The lowest BCUT2D eigenvalue weighted by molar-refractivity contribution is -0.127. The lowest BCUT2D eigenvalue weighted by Gasteiger charge is -2.12. The number of para-hydroxylation sites is 1. The van der Waals surface area contributed by atoms with Gasteiger partial charge >= 0.3 is 12.0 Å². The molecule has 0 aliphatic rings. The molecule has 3 aromatic rings. The van der Waals surface area contributed by atoms with Gasteiger partial charge in [-0.2, -0.15) is 5.10 Å². The van der Waals surface area contributed by atoms with Crippen LogP contribution >= 0.6 is 0 Å². The molecule has 27 heavy (non-hydrogen) atoms. The molecule has 0 radical (unpaired) electrons. The highest BCUT2D eigenvalue weighted by Gasteiger charge is 2.23. The molecule has 0 fully saturated rings. The maximum atomic E-state index is 12.2. The van der Waals surface area contributed by atoms with Crippen molar-refractivity contribution in [1.29, 1.82) is 0 Å². The second kappa shape index (κ2) is 8.13. The Labute approximate surface area is 154 Å². The summed E-state index contributed by atoms with van der Waals surface area (Å²) in [5.41, 5.74) is 1.66. The summed E-state index contributed by atoms with van der Waals surface area (Å²) in [6, 6.07) is 15.6. The SMILES string of the molecule is C[C@@H](OC(=O)c1n[nH]c2ccccc12)C(=O)NC(=O)NCc1ccccc1. The Hall–Kier alpha value is -3.68. The van der Waals surface area contributed by atoms with Gasteiger partial charge in [0.2, 0.25) is 0 Å². The highest BCUT2D eigenvalue weighted by Crippen LogP contribution is 2.16. The molecule has 1 atom stereocenters. The number of imide groups is 1. The van der Waals surface area contributed by atoms with Crippen molar-refractivity contribution in [1.82, 2.24) is 20.8 Å². The molecular formula is C19H18N4O4. The van der Waals surface area contributed by atoms with Crippen LogP contribution in [0.4, 0.5) is 4.79 Å². The van der Waals surface area contributed by atoms with Crippen molar-refractivity contribution in [2.75, 3.05) is 0 Å². The monoisotopic (exact) mass is 366 g/mol. The second-order valence-corrected chi connectivity index (χ2v) is 5.82. The maximum Gasteiger partial charge on any atom is 0.360 e. The summed E-state index contributed by atoms with van der Waals surface area (Å²) in [4.78, 5) is 36.1. The number of nitrogens with zero attached hydrogens (tertiary/aromatic N) is 1. The zero-order chi connectivity index (χ0) is 19.2. The molecule has 0 unspecified atom stereocenters. The fourth-order valence-corrected chi connectivity index (χ4v) is 2.42. The number of ether oxygens (including phenoxy) is 1. The van der Waals surface area contributed by atoms with Gasteiger partial charge < -0.3 is 10.1 Å². The van der Waals surface area contributed by atoms with Gasteiger partial charge in [-0.1, -0.05) is 48.5 Å². The number of amides is 3. The van der Waals surface area contributed by atoms with Crippen LogP contribution in [0.25, 0.3) is 10.9 Å². The number of urea groups is 1. The molecule has 8 nitrogen and oxygen atoms in total. The molecule has 0 saturated heterocycles. The lowest BCUT2D eigenvalue weighted by Crippen LogP contribution is -2.44. The maximum absolute atomic E-state index is 12.2. The number of hydrogen-bond donors (Lipinski definition) is 3. The molecular weight excluding hydrogens is 348 g/mol. The molecule has 0 aliphatic heterocycles. The fraction of sp³-hybridized carbons (Fsp3) is 0.158. The van der Waals surface area contributed by atoms with Crippen LogP contribution in [0.5, 0.6) is 0 Å². The largest absolute Gasteiger partial charge is 0.448 e. The summed E-state index contributed by atoms with van der Waals surface area (Å²) < 4.78 is 5.11. The first-order valence-corrected chi connectivity index (χ1v) is 8.31. The Kier molecular flexibility index (Phi) is 5.46. The van der Waals surface area contributed by atoms with Crippen LogP contribution in [0.15, 0.2) is 54.6 Å². The summed E-state index contributed by atoms with van der Waals surface area (Å²) in [5, 5.41) is 11.9. The smallest absolute Gasteiger partial charge is 0.360 e. The van der Waals surface area contributed by atoms with E-state index in [9.17, 15) is 14.4 Å². The average Bonchev–Trinajstić information content (AvgIpc) is 3.11. The average molecular weight is 366 g/mol. The van der Waals surface area contributed by atoms with Crippen LogP contribution < -0.4 is 10.6 Å². The number of H-pyrrole nitrogens is 1. The van der Waals surface area contributed by atoms with Crippen molar-refractivity contribution in [3.63, 3.8) is 0 Å². The quantitative estimate of drug-likeness (QED) is 0.599. The third kappa shape index (κ3) is 4.49. The number of nitrogens with one attached hydrogen (secondary N) is 3. The number of carbonyl (C=O) groups is 3. The van der Waals surface area contributed by atoms with E-state index in [1.54, 1.807) is 24.3 Å². The van der Waals surface area contributed by atoms with Crippen molar-refractivity contribution < 1.29 is 19.1 Å². The Bertz CT molecular complexity index is 968.